The topological polar surface area (TPSA) is 71.5 Å². The third-order valence-corrected chi connectivity index (χ3v) is 5.78. The first-order valence-electron chi connectivity index (χ1n) is 9.48. The van der Waals surface area contributed by atoms with Crippen LogP contribution in [0.5, 0.6) is 0 Å². The van der Waals surface area contributed by atoms with Crippen LogP contribution in [0.4, 0.5) is 18.3 Å². The van der Waals surface area contributed by atoms with Crippen molar-refractivity contribution in [2.24, 2.45) is 5.41 Å². The van der Waals surface area contributed by atoms with Crippen molar-refractivity contribution in [3.8, 4) is 0 Å². The number of likely N-dealkylation sites (tertiary alicyclic amines) is 1. The van der Waals surface area contributed by atoms with Crippen LogP contribution in [0.3, 0.4) is 0 Å². The lowest BCUT2D eigenvalue weighted by Crippen LogP contribution is -2.49. The van der Waals surface area contributed by atoms with E-state index in [0.29, 0.717) is 12.2 Å². The molecule has 162 valence electrons. The van der Waals surface area contributed by atoms with Crippen molar-refractivity contribution < 1.29 is 27.5 Å². The third kappa shape index (κ3) is 4.99. The van der Waals surface area contributed by atoms with Crippen LogP contribution >= 0.6 is 11.3 Å². The lowest BCUT2D eigenvalue weighted by atomic mass is 9.85. The Hall–Kier alpha value is -2.46. The van der Waals surface area contributed by atoms with Crippen LogP contribution in [0.15, 0.2) is 35.7 Å². The van der Waals surface area contributed by atoms with E-state index in [4.69, 9.17) is 4.74 Å². The Morgan fingerprint density at radius 1 is 1.30 bits per heavy atom. The van der Waals surface area contributed by atoms with Gasteiger partial charge < -0.3 is 10.1 Å². The molecule has 0 saturated carbocycles. The molecule has 2 aromatic rings. The van der Waals surface area contributed by atoms with Crippen LogP contribution in [0.2, 0.25) is 0 Å². The number of anilines is 1. The Bertz CT molecular complexity index is 888. The van der Waals surface area contributed by atoms with E-state index in [2.05, 4.69) is 10.3 Å². The van der Waals surface area contributed by atoms with Crippen molar-refractivity contribution in [1.82, 2.24) is 9.88 Å². The van der Waals surface area contributed by atoms with Crippen molar-refractivity contribution in [2.45, 2.75) is 32.5 Å². The number of alkyl halides is 3. The van der Waals surface area contributed by atoms with Crippen LogP contribution in [0.1, 0.15) is 24.6 Å². The first-order chi connectivity index (χ1) is 14.2. The molecule has 6 nitrogen and oxygen atoms in total. The van der Waals surface area contributed by atoms with Crippen LogP contribution in [0, 0.1) is 5.41 Å². The number of thiazole rings is 1. The van der Waals surface area contributed by atoms with Crippen molar-refractivity contribution in [1.29, 1.82) is 0 Å². The number of carbonyl (C=O) groups excluding carboxylic acids is 2. The molecule has 1 saturated heterocycles. The normalized spacial score (nSPS) is 19.6. The highest BCUT2D eigenvalue weighted by Crippen LogP contribution is 2.46. The van der Waals surface area contributed by atoms with Crippen LogP contribution in [-0.2, 0) is 27.3 Å². The molecule has 1 aromatic carbocycles. The van der Waals surface area contributed by atoms with Gasteiger partial charge in [-0.3, -0.25) is 14.5 Å². The Kier molecular flexibility index (Phi) is 6.77. The minimum absolute atomic E-state index is 0.0319. The predicted octanol–water partition coefficient (Wildman–Crippen LogP) is 3.64. The lowest BCUT2D eigenvalue weighted by Gasteiger charge is -2.30. The standard InChI is InChI=1S/C20H22F3N3O3S/c1-2-29-16(27)10-15-12-30-18(24-15)25-17(28)19(20(21,22)23)8-9-26(13-19)11-14-6-4-3-5-7-14/h3-7,12H,2,8-11,13H2,1H3,(H,24,25,28). The SMILES string of the molecule is CCOC(=O)Cc1csc(NC(=O)C2(C(F)(F)F)CCN(Cc3ccccc3)C2)n1. The van der Waals surface area contributed by atoms with Gasteiger partial charge in [-0.1, -0.05) is 30.3 Å². The number of rotatable bonds is 7. The fraction of sp³-hybridized carbons (Fsp3) is 0.450. The van der Waals surface area contributed by atoms with Gasteiger partial charge in [-0.15, -0.1) is 11.3 Å². The number of ether oxygens (including phenoxy) is 1. The summed E-state index contributed by atoms with van der Waals surface area (Å²) in [6, 6.07) is 9.17. The van der Waals surface area contributed by atoms with Gasteiger partial charge in [-0.05, 0) is 25.5 Å². The number of nitrogens with one attached hydrogen (secondary N) is 1. The molecule has 1 N–H and O–H groups in total. The maximum Gasteiger partial charge on any atom is 0.404 e. The molecule has 1 amide bonds. The molecular weight excluding hydrogens is 419 g/mol. The zero-order valence-electron chi connectivity index (χ0n) is 16.4. The molecule has 0 radical (unpaired) electrons. The lowest BCUT2D eigenvalue weighted by molar-refractivity contribution is -0.215. The van der Waals surface area contributed by atoms with Gasteiger partial charge in [0.1, 0.15) is 0 Å². The van der Waals surface area contributed by atoms with E-state index in [1.54, 1.807) is 11.8 Å². The van der Waals surface area contributed by atoms with Gasteiger partial charge in [0, 0.05) is 18.5 Å². The second-order valence-electron chi connectivity index (χ2n) is 7.11. The molecule has 1 aliphatic rings. The molecule has 1 fully saturated rings. The highest BCUT2D eigenvalue weighted by Gasteiger charge is 2.63. The molecule has 10 heteroatoms. The Balaban J connectivity index is 1.70. The largest absolute Gasteiger partial charge is 0.466 e. The average Bonchev–Trinajstić information content (AvgIpc) is 3.30. The van der Waals surface area contributed by atoms with E-state index < -0.39 is 30.0 Å². The zero-order valence-corrected chi connectivity index (χ0v) is 17.2. The zero-order chi connectivity index (χ0) is 21.8. The summed E-state index contributed by atoms with van der Waals surface area (Å²) in [6.07, 6.45) is -5.13. The number of halogens is 3. The molecule has 1 unspecified atom stereocenters. The monoisotopic (exact) mass is 441 g/mol. The van der Waals surface area contributed by atoms with Crippen LogP contribution < -0.4 is 5.32 Å². The number of amides is 1. The first kappa shape index (κ1) is 22.2. The first-order valence-corrected chi connectivity index (χ1v) is 10.4. The molecule has 2 heterocycles. The van der Waals surface area contributed by atoms with Gasteiger partial charge in [0.25, 0.3) is 0 Å². The van der Waals surface area contributed by atoms with Gasteiger partial charge in [0.05, 0.1) is 18.7 Å². The van der Waals surface area contributed by atoms with Gasteiger partial charge in [-0.25, -0.2) is 4.98 Å². The number of benzene rings is 1. The quantitative estimate of drug-likeness (QED) is 0.665. The summed E-state index contributed by atoms with van der Waals surface area (Å²) in [6.45, 7) is 1.98. The molecule has 30 heavy (non-hydrogen) atoms. The number of nitrogens with zero attached hydrogens (tertiary/aromatic N) is 2. The second kappa shape index (κ2) is 9.13. The van der Waals surface area contributed by atoms with E-state index in [1.165, 1.54) is 5.38 Å². The average molecular weight is 441 g/mol. The minimum atomic E-state index is -4.70. The summed E-state index contributed by atoms with van der Waals surface area (Å²) in [4.78, 5) is 29.9. The molecule has 1 aromatic heterocycles. The second-order valence-corrected chi connectivity index (χ2v) is 7.96. The van der Waals surface area contributed by atoms with E-state index in [9.17, 15) is 22.8 Å². The Morgan fingerprint density at radius 2 is 2.03 bits per heavy atom. The minimum Gasteiger partial charge on any atom is -0.466 e. The van der Waals surface area contributed by atoms with E-state index in [-0.39, 0.29) is 31.1 Å². The summed E-state index contributed by atoms with van der Waals surface area (Å²) in [5, 5.41) is 3.86. The number of hydrogen-bond donors (Lipinski definition) is 1. The summed E-state index contributed by atoms with van der Waals surface area (Å²) in [5.74, 6) is -1.61. The highest BCUT2D eigenvalue weighted by molar-refractivity contribution is 7.13. The van der Waals surface area contributed by atoms with E-state index in [0.717, 1.165) is 16.9 Å². The summed E-state index contributed by atoms with van der Waals surface area (Å²) in [5.41, 5.74) is -1.28. The van der Waals surface area contributed by atoms with E-state index >= 15 is 0 Å². The van der Waals surface area contributed by atoms with Gasteiger partial charge in [-0.2, -0.15) is 13.2 Å². The van der Waals surface area contributed by atoms with Crippen LogP contribution in [-0.4, -0.2) is 47.6 Å². The summed E-state index contributed by atoms with van der Waals surface area (Å²) >= 11 is 0.978. The van der Waals surface area contributed by atoms with Crippen molar-refractivity contribution >= 4 is 28.3 Å². The fourth-order valence-electron chi connectivity index (χ4n) is 3.43. The molecule has 1 aliphatic heterocycles. The third-order valence-electron chi connectivity index (χ3n) is 4.98. The van der Waals surface area contributed by atoms with E-state index in [1.807, 2.05) is 30.3 Å². The Labute approximate surface area is 176 Å². The molecule has 0 aliphatic carbocycles. The molecule has 1 atom stereocenters. The smallest absolute Gasteiger partial charge is 0.404 e. The van der Waals surface area contributed by atoms with Gasteiger partial charge >= 0.3 is 12.1 Å². The van der Waals surface area contributed by atoms with Crippen LogP contribution in [0.25, 0.3) is 0 Å². The highest BCUT2D eigenvalue weighted by atomic mass is 32.1. The fourth-order valence-corrected chi connectivity index (χ4v) is 4.14. The van der Waals surface area contributed by atoms with Gasteiger partial charge in [0.2, 0.25) is 5.91 Å². The number of carbonyl (C=O) groups is 2. The molecule has 0 bridgehead atoms. The number of aromatic nitrogens is 1. The Morgan fingerprint density at radius 3 is 2.70 bits per heavy atom. The summed E-state index contributed by atoms with van der Waals surface area (Å²) in [7, 11) is 0. The number of esters is 1. The van der Waals surface area contributed by atoms with Crippen molar-refractivity contribution in [2.75, 3.05) is 25.0 Å². The predicted molar refractivity (Wildman–Crippen MR) is 106 cm³/mol. The van der Waals surface area contributed by atoms with Gasteiger partial charge in [0.15, 0.2) is 10.5 Å². The molecular formula is C20H22F3N3O3S. The maximum absolute atomic E-state index is 14.0. The maximum atomic E-state index is 14.0. The van der Waals surface area contributed by atoms with Crippen molar-refractivity contribution in [3.63, 3.8) is 0 Å². The summed E-state index contributed by atoms with van der Waals surface area (Å²) < 4.78 is 46.8. The molecule has 3 rings (SSSR count). The number of hydrogen-bond acceptors (Lipinski definition) is 6. The van der Waals surface area contributed by atoms with Crippen molar-refractivity contribution in [3.05, 3.63) is 47.0 Å². The molecule has 0 spiro atoms.